The molecule has 0 saturated carbocycles. The molecule has 112 valence electrons. The van der Waals surface area contributed by atoms with Gasteiger partial charge in [-0.05, 0) is 18.6 Å². The van der Waals surface area contributed by atoms with Gasteiger partial charge in [0.1, 0.15) is 10.8 Å². The van der Waals surface area contributed by atoms with Gasteiger partial charge in [-0.25, -0.2) is 0 Å². The number of hydrogen-bond acceptors (Lipinski definition) is 6. The van der Waals surface area contributed by atoms with Crippen LogP contribution in [0.5, 0.6) is 5.75 Å². The van der Waals surface area contributed by atoms with Crippen LogP contribution in [0.2, 0.25) is 0 Å². The molecule has 0 aliphatic heterocycles. The summed E-state index contributed by atoms with van der Waals surface area (Å²) in [4.78, 5) is 12.2. The fourth-order valence-electron chi connectivity index (χ4n) is 1.74. The number of nitrogens with zero attached hydrogens (tertiary/aromatic N) is 2. The fraction of sp³-hybridized carbons (Fsp3) is 0.357. The number of anilines is 1. The average Bonchev–Trinajstić information content (AvgIpc) is 2.91. The SMILES string of the molecule is CCCOc1ccccc1C(=O)NCCc1nnc(N)s1. The van der Waals surface area contributed by atoms with Gasteiger partial charge in [0.25, 0.3) is 5.91 Å². The van der Waals surface area contributed by atoms with Crippen molar-refractivity contribution in [3.8, 4) is 5.75 Å². The van der Waals surface area contributed by atoms with Gasteiger partial charge in [0, 0.05) is 13.0 Å². The van der Waals surface area contributed by atoms with Gasteiger partial charge in [0.2, 0.25) is 5.13 Å². The van der Waals surface area contributed by atoms with Gasteiger partial charge >= 0.3 is 0 Å². The maximum atomic E-state index is 12.2. The zero-order valence-electron chi connectivity index (χ0n) is 11.8. The Bertz CT molecular complexity index is 600. The molecular weight excluding hydrogens is 288 g/mol. The number of hydrogen-bond donors (Lipinski definition) is 2. The van der Waals surface area contributed by atoms with Crippen molar-refractivity contribution in [2.45, 2.75) is 19.8 Å². The van der Waals surface area contributed by atoms with Crippen LogP contribution in [0.3, 0.4) is 0 Å². The molecule has 0 radical (unpaired) electrons. The minimum atomic E-state index is -0.154. The van der Waals surface area contributed by atoms with Gasteiger partial charge in [-0.15, -0.1) is 10.2 Å². The van der Waals surface area contributed by atoms with E-state index in [9.17, 15) is 4.79 Å². The topological polar surface area (TPSA) is 90.1 Å². The standard InChI is InChI=1S/C14H18N4O2S/c1-2-9-20-11-6-4-3-5-10(11)13(19)16-8-7-12-17-18-14(15)21-12/h3-6H,2,7-9H2,1H3,(H2,15,18)(H,16,19). The second-order valence-electron chi connectivity index (χ2n) is 4.38. The highest BCUT2D eigenvalue weighted by Gasteiger charge is 2.11. The van der Waals surface area contributed by atoms with Crippen molar-refractivity contribution in [1.29, 1.82) is 0 Å². The fourth-order valence-corrected chi connectivity index (χ4v) is 2.35. The molecule has 2 rings (SSSR count). The highest BCUT2D eigenvalue weighted by atomic mass is 32.1. The van der Waals surface area contributed by atoms with Crippen LogP contribution in [-0.2, 0) is 6.42 Å². The van der Waals surface area contributed by atoms with Crippen LogP contribution in [0.4, 0.5) is 5.13 Å². The first-order chi connectivity index (χ1) is 10.2. The van der Waals surface area contributed by atoms with Gasteiger partial charge in [0.15, 0.2) is 0 Å². The Morgan fingerprint density at radius 2 is 2.19 bits per heavy atom. The maximum absolute atomic E-state index is 12.2. The molecule has 0 saturated heterocycles. The lowest BCUT2D eigenvalue weighted by atomic mass is 10.2. The molecule has 0 bridgehead atoms. The third kappa shape index (κ3) is 4.42. The number of benzene rings is 1. The Balaban J connectivity index is 1.90. The molecule has 0 unspecified atom stereocenters. The van der Waals surface area contributed by atoms with E-state index < -0.39 is 0 Å². The van der Waals surface area contributed by atoms with E-state index in [2.05, 4.69) is 15.5 Å². The second kappa shape index (κ2) is 7.58. The zero-order chi connectivity index (χ0) is 15.1. The molecule has 1 aromatic carbocycles. The van der Waals surface area contributed by atoms with Gasteiger partial charge < -0.3 is 15.8 Å². The molecule has 21 heavy (non-hydrogen) atoms. The van der Waals surface area contributed by atoms with Crippen LogP contribution in [0, 0.1) is 0 Å². The number of nitrogen functional groups attached to an aromatic ring is 1. The molecular formula is C14H18N4O2S. The lowest BCUT2D eigenvalue weighted by Gasteiger charge is -2.10. The number of para-hydroxylation sites is 1. The van der Waals surface area contributed by atoms with Crippen LogP contribution >= 0.6 is 11.3 Å². The normalized spacial score (nSPS) is 10.3. The van der Waals surface area contributed by atoms with Crippen LogP contribution < -0.4 is 15.8 Å². The lowest BCUT2D eigenvalue weighted by Crippen LogP contribution is -2.26. The summed E-state index contributed by atoms with van der Waals surface area (Å²) >= 11 is 1.33. The Hall–Kier alpha value is -2.15. The number of carbonyl (C=O) groups is 1. The summed E-state index contributed by atoms with van der Waals surface area (Å²) in [5.41, 5.74) is 6.05. The second-order valence-corrected chi connectivity index (χ2v) is 5.48. The largest absolute Gasteiger partial charge is 0.493 e. The first-order valence-electron chi connectivity index (χ1n) is 6.78. The predicted molar refractivity (Wildman–Crippen MR) is 82.6 cm³/mol. The Kier molecular flexibility index (Phi) is 5.51. The summed E-state index contributed by atoms with van der Waals surface area (Å²) in [5.74, 6) is 0.455. The van der Waals surface area contributed by atoms with Crippen molar-refractivity contribution in [3.05, 3.63) is 34.8 Å². The molecule has 2 aromatic rings. The number of carbonyl (C=O) groups excluding carboxylic acids is 1. The van der Waals surface area contributed by atoms with Crippen LogP contribution in [0.15, 0.2) is 24.3 Å². The summed E-state index contributed by atoms with van der Waals surface area (Å²) in [6, 6.07) is 7.23. The van der Waals surface area contributed by atoms with Crippen molar-refractivity contribution in [1.82, 2.24) is 15.5 Å². The van der Waals surface area contributed by atoms with Gasteiger partial charge in [0.05, 0.1) is 12.2 Å². The number of nitrogens with one attached hydrogen (secondary N) is 1. The maximum Gasteiger partial charge on any atom is 0.255 e. The number of ether oxygens (including phenoxy) is 1. The zero-order valence-corrected chi connectivity index (χ0v) is 12.7. The van der Waals surface area contributed by atoms with E-state index in [-0.39, 0.29) is 5.91 Å². The number of amides is 1. The van der Waals surface area contributed by atoms with Crippen LogP contribution in [-0.4, -0.2) is 29.3 Å². The molecule has 0 aliphatic carbocycles. The van der Waals surface area contributed by atoms with Crippen molar-refractivity contribution in [2.24, 2.45) is 0 Å². The van der Waals surface area contributed by atoms with Crippen molar-refractivity contribution in [3.63, 3.8) is 0 Å². The lowest BCUT2D eigenvalue weighted by molar-refractivity contribution is 0.0950. The molecule has 0 aliphatic rings. The van der Waals surface area contributed by atoms with Gasteiger partial charge in [-0.2, -0.15) is 0 Å². The summed E-state index contributed by atoms with van der Waals surface area (Å²) in [5, 5.41) is 11.7. The number of aromatic nitrogens is 2. The molecule has 7 heteroatoms. The van der Waals surface area contributed by atoms with E-state index in [1.165, 1.54) is 11.3 Å². The molecule has 0 atom stereocenters. The smallest absolute Gasteiger partial charge is 0.255 e. The summed E-state index contributed by atoms with van der Waals surface area (Å²) < 4.78 is 5.58. The van der Waals surface area contributed by atoms with E-state index >= 15 is 0 Å². The first kappa shape index (κ1) is 15.2. The van der Waals surface area contributed by atoms with Crippen LogP contribution in [0.25, 0.3) is 0 Å². The van der Waals surface area contributed by atoms with E-state index in [0.29, 0.717) is 36.0 Å². The molecule has 0 fully saturated rings. The van der Waals surface area contributed by atoms with E-state index in [0.717, 1.165) is 11.4 Å². The van der Waals surface area contributed by atoms with Gasteiger partial charge in [-0.3, -0.25) is 4.79 Å². The Morgan fingerprint density at radius 3 is 2.90 bits per heavy atom. The third-order valence-electron chi connectivity index (χ3n) is 2.70. The quantitative estimate of drug-likeness (QED) is 0.815. The van der Waals surface area contributed by atoms with E-state index in [1.54, 1.807) is 12.1 Å². The van der Waals surface area contributed by atoms with Crippen LogP contribution in [0.1, 0.15) is 28.7 Å². The van der Waals surface area contributed by atoms with Crippen molar-refractivity contribution < 1.29 is 9.53 Å². The average molecular weight is 306 g/mol. The Morgan fingerprint density at radius 1 is 1.38 bits per heavy atom. The highest BCUT2D eigenvalue weighted by Crippen LogP contribution is 2.18. The molecule has 6 nitrogen and oxygen atoms in total. The molecule has 1 amide bonds. The van der Waals surface area contributed by atoms with E-state index in [4.69, 9.17) is 10.5 Å². The molecule has 3 N–H and O–H groups in total. The number of nitrogens with two attached hydrogens (primary N) is 1. The Labute approximate surface area is 127 Å². The first-order valence-corrected chi connectivity index (χ1v) is 7.60. The minimum Gasteiger partial charge on any atom is -0.493 e. The van der Waals surface area contributed by atoms with Crippen molar-refractivity contribution >= 4 is 22.4 Å². The van der Waals surface area contributed by atoms with E-state index in [1.807, 2.05) is 19.1 Å². The molecule has 1 aromatic heterocycles. The summed E-state index contributed by atoms with van der Waals surface area (Å²) in [7, 11) is 0. The van der Waals surface area contributed by atoms with Crippen molar-refractivity contribution in [2.75, 3.05) is 18.9 Å². The van der Waals surface area contributed by atoms with Gasteiger partial charge in [-0.1, -0.05) is 30.4 Å². The third-order valence-corrected chi connectivity index (χ3v) is 3.51. The minimum absolute atomic E-state index is 0.154. The summed E-state index contributed by atoms with van der Waals surface area (Å²) in [6.45, 7) is 3.10. The summed E-state index contributed by atoms with van der Waals surface area (Å²) in [6.07, 6.45) is 1.51. The molecule has 1 heterocycles. The number of rotatable bonds is 7. The highest BCUT2D eigenvalue weighted by molar-refractivity contribution is 7.15. The predicted octanol–water partition coefficient (Wildman–Crippen LogP) is 1.88. The monoisotopic (exact) mass is 306 g/mol. The molecule has 0 spiro atoms.